The van der Waals surface area contributed by atoms with Crippen LogP contribution in [-0.2, 0) is 27.3 Å². The number of nitrogens with one attached hydrogen (secondary N) is 2. The average Bonchev–Trinajstić information content (AvgIpc) is 3.37. The van der Waals surface area contributed by atoms with Crippen LogP contribution >= 0.6 is 0 Å². The predicted molar refractivity (Wildman–Crippen MR) is 114 cm³/mol. The van der Waals surface area contributed by atoms with Gasteiger partial charge in [0.1, 0.15) is 6.04 Å². The van der Waals surface area contributed by atoms with E-state index < -0.39 is 6.04 Å². The molecule has 31 heavy (non-hydrogen) atoms. The number of imide groups is 1. The summed E-state index contributed by atoms with van der Waals surface area (Å²) in [7, 11) is 0. The van der Waals surface area contributed by atoms with Gasteiger partial charge in [-0.2, -0.15) is 0 Å². The molecule has 1 aromatic rings. The largest absolute Gasteiger partial charge is 0.380 e. The lowest BCUT2D eigenvalue weighted by atomic mass is 9.80. The number of piperidine rings is 1. The minimum absolute atomic E-state index is 0.102. The third kappa shape index (κ3) is 4.26. The van der Waals surface area contributed by atoms with Crippen LogP contribution in [0.2, 0.25) is 0 Å². The van der Waals surface area contributed by atoms with E-state index in [1.807, 2.05) is 6.07 Å². The second kappa shape index (κ2) is 8.71. The molecule has 1 aliphatic carbocycles. The molecule has 2 N–H and O–H groups in total. The van der Waals surface area contributed by atoms with Gasteiger partial charge in [0, 0.05) is 37.2 Å². The fourth-order valence-corrected chi connectivity index (χ4v) is 5.70. The van der Waals surface area contributed by atoms with Crippen LogP contribution in [0.1, 0.15) is 66.4 Å². The maximum atomic E-state index is 12.9. The van der Waals surface area contributed by atoms with Crippen LogP contribution < -0.4 is 10.6 Å². The maximum Gasteiger partial charge on any atom is 0.255 e. The van der Waals surface area contributed by atoms with Gasteiger partial charge in [0.2, 0.25) is 11.8 Å². The van der Waals surface area contributed by atoms with E-state index in [-0.39, 0.29) is 24.1 Å². The van der Waals surface area contributed by atoms with Crippen LogP contribution in [0, 0.1) is 5.92 Å². The summed E-state index contributed by atoms with van der Waals surface area (Å²) in [6.45, 7) is 2.12. The number of rotatable bonds is 5. The zero-order valence-electron chi connectivity index (χ0n) is 17.9. The van der Waals surface area contributed by atoms with Crippen molar-refractivity contribution in [1.82, 2.24) is 15.5 Å². The van der Waals surface area contributed by atoms with Gasteiger partial charge >= 0.3 is 0 Å². The summed E-state index contributed by atoms with van der Waals surface area (Å²) in [5.74, 6) is -0.123. The first kappa shape index (κ1) is 20.6. The zero-order chi connectivity index (χ0) is 21.4. The molecule has 1 aromatic carbocycles. The molecule has 0 aromatic heterocycles. The molecule has 7 nitrogen and oxygen atoms in total. The highest BCUT2D eigenvalue weighted by molar-refractivity contribution is 6.05. The molecule has 166 valence electrons. The lowest BCUT2D eigenvalue weighted by Gasteiger charge is -2.34. The van der Waals surface area contributed by atoms with E-state index >= 15 is 0 Å². The Bertz CT molecular complexity index is 880. The smallest absolute Gasteiger partial charge is 0.255 e. The Morgan fingerprint density at radius 1 is 1.10 bits per heavy atom. The van der Waals surface area contributed by atoms with Gasteiger partial charge in [-0.1, -0.05) is 25.0 Å². The zero-order valence-corrected chi connectivity index (χ0v) is 17.9. The quantitative estimate of drug-likeness (QED) is 0.704. The summed E-state index contributed by atoms with van der Waals surface area (Å²) in [4.78, 5) is 38.2. The molecule has 0 radical (unpaired) electrons. The lowest BCUT2D eigenvalue weighted by molar-refractivity contribution is -0.136. The van der Waals surface area contributed by atoms with E-state index in [9.17, 15) is 14.4 Å². The molecule has 3 fully saturated rings. The monoisotopic (exact) mass is 425 g/mol. The van der Waals surface area contributed by atoms with Crippen LogP contribution in [0.15, 0.2) is 18.2 Å². The van der Waals surface area contributed by atoms with E-state index in [2.05, 4.69) is 22.8 Å². The molecule has 1 saturated carbocycles. The first-order valence-corrected chi connectivity index (χ1v) is 11.7. The van der Waals surface area contributed by atoms with Crippen LogP contribution in [0.25, 0.3) is 0 Å². The first-order chi connectivity index (χ1) is 15.1. The highest BCUT2D eigenvalue weighted by Crippen LogP contribution is 2.32. The van der Waals surface area contributed by atoms with Crippen molar-refractivity contribution in [3.05, 3.63) is 34.9 Å². The normalized spacial score (nSPS) is 31.1. The minimum Gasteiger partial charge on any atom is -0.380 e. The Morgan fingerprint density at radius 2 is 1.97 bits per heavy atom. The van der Waals surface area contributed by atoms with Gasteiger partial charge in [0.15, 0.2) is 0 Å². The van der Waals surface area contributed by atoms with Gasteiger partial charge < -0.3 is 15.0 Å². The average molecular weight is 426 g/mol. The van der Waals surface area contributed by atoms with E-state index in [1.165, 1.54) is 31.2 Å². The number of nitrogens with zero attached hydrogens (tertiary/aromatic N) is 1. The molecule has 3 amide bonds. The molecule has 4 aliphatic rings. The Morgan fingerprint density at radius 3 is 2.77 bits per heavy atom. The van der Waals surface area contributed by atoms with Crippen LogP contribution in [0.3, 0.4) is 0 Å². The Labute approximate surface area is 182 Å². The van der Waals surface area contributed by atoms with Crippen LogP contribution in [0.4, 0.5) is 0 Å². The molecule has 4 atom stereocenters. The van der Waals surface area contributed by atoms with Crippen LogP contribution in [0.5, 0.6) is 0 Å². The molecule has 5 rings (SSSR count). The first-order valence-electron chi connectivity index (χ1n) is 11.7. The molecular formula is C24H31N3O4. The van der Waals surface area contributed by atoms with Gasteiger partial charge in [-0.25, -0.2) is 0 Å². The second-order valence-corrected chi connectivity index (χ2v) is 9.47. The second-order valence-electron chi connectivity index (χ2n) is 9.47. The van der Waals surface area contributed by atoms with E-state index in [0.717, 1.165) is 31.6 Å². The highest BCUT2D eigenvalue weighted by atomic mass is 16.5. The SMILES string of the molecule is O=C1CCC(N2Cc3cc(C[C@H]4CCCC[C@@H]4N[C@H]4CCOC4)ccc3C2=O)C(=O)N1. The van der Waals surface area contributed by atoms with Gasteiger partial charge in [-0.3, -0.25) is 19.7 Å². The predicted octanol–water partition coefficient (Wildman–Crippen LogP) is 1.93. The number of fused-ring (bicyclic) bond motifs is 1. The van der Waals surface area contributed by atoms with Gasteiger partial charge in [0.25, 0.3) is 5.91 Å². The Hall–Kier alpha value is -2.25. The molecule has 0 bridgehead atoms. The summed E-state index contributed by atoms with van der Waals surface area (Å²) in [6, 6.07) is 6.61. The number of carbonyl (C=O) groups excluding carboxylic acids is 3. The van der Waals surface area contributed by atoms with E-state index in [1.54, 1.807) is 4.90 Å². The Kier molecular flexibility index (Phi) is 5.80. The van der Waals surface area contributed by atoms with Crippen LogP contribution in [-0.4, -0.2) is 54.0 Å². The number of hydrogen-bond donors (Lipinski definition) is 2. The molecule has 1 unspecified atom stereocenters. The summed E-state index contributed by atoms with van der Waals surface area (Å²) >= 11 is 0. The Balaban J connectivity index is 1.27. The molecular weight excluding hydrogens is 394 g/mol. The van der Waals surface area contributed by atoms with Crippen molar-refractivity contribution >= 4 is 17.7 Å². The number of amides is 3. The highest BCUT2D eigenvalue weighted by Gasteiger charge is 2.39. The van der Waals surface area contributed by atoms with Crippen molar-refractivity contribution in [2.75, 3.05) is 13.2 Å². The summed E-state index contributed by atoms with van der Waals surface area (Å²) in [5, 5.41) is 6.21. The molecule has 7 heteroatoms. The van der Waals surface area contributed by atoms with Crippen molar-refractivity contribution in [2.24, 2.45) is 5.92 Å². The third-order valence-corrected chi connectivity index (χ3v) is 7.37. The minimum atomic E-state index is -0.554. The summed E-state index contributed by atoms with van der Waals surface area (Å²) < 4.78 is 5.54. The summed E-state index contributed by atoms with van der Waals surface area (Å²) in [5.41, 5.74) is 2.95. The fraction of sp³-hybridized carbons (Fsp3) is 0.625. The topological polar surface area (TPSA) is 87.7 Å². The van der Waals surface area contributed by atoms with E-state index in [0.29, 0.717) is 36.5 Å². The standard InChI is InChI=1S/C24H31N3O4/c28-22-8-7-21(23(29)26-22)27-13-17-12-15(5-6-19(17)24(27)30)11-16-3-1-2-4-20(16)25-18-9-10-31-14-18/h5-6,12,16,18,20-21,25H,1-4,7-11,13-14H2,(H,26,28,29)/t16-,18+,20+,21?/m1/s1. The van der Waals surface area contributed by atoms with Crippen molar-refractivity contribution in [2.45, 2.75) is 76.0 Å². The van der Waals surface area contributed by atoms with Crippen molar-refractivity contribution in [3.63, 3.8) is 0 Å². The van der Waals surface area contributed by atoms with Crippen molar-refractivity contribution < 1.29 is 19.1 Å². The molecule has 3 heterocycles. The fourth-order valence-electron chi connectivity index (χ4n) is 5.70. The van der Waals surface area contributed by atoms with Gasteiger partial charge in [-0.15, -0.1) is 0 Å². The number of ether oxygens (including phenoxy) is 1. The molecule has 3 aliphatic heterocycles. The number of benzene rings is 1. The molecule has 2 saturated heterocycles. The van der Waals surface area contributed by atoms with Crippen molar-refractivity contribution in [3.8, 4) is 0 Å². The van der Waals surface area contributed by atoms with Crippen molar-refractivity contribution in [1.29, 1.82) is 0 Å². The lowest BCUT2D eigenvalue weighted by Crippen LogP contribution is -2.52. The van der Waals surface area contributed by atoms with E-state index in [4.69, 9.17) is 4.74 Å². The molecule has 0 spiro atoms. The number of hydrogen-bond acceptors (Lipinski definition) is 5. The number of carbonyl (C=O) groups is 3. The maximum absolute atomic E-state index is 12.9. The van der Waals surface area contributed by atoms with Gasteiger partial charge in [0.05, 0.1) is 6.61 Å². The summed E-state index contributed by atoms with van der Waals surface area (Å²) in [6.07, 6.45) is 7.78. The van der Waals surface area contributed by atoms with Gasteiger partial charge in [-0.05, 0) is 55.2 Å². The third-order valence-electron chi connectivity index (χ3n) is 7.37.